The molecule has 0 saturated carbocycles. The Morgan fingerprint density at radius 2 is 1.90 bits per heavy atom. The van der Waals surface area contributed by atoms with E-state index in [1.165, 1.54) is 13.2 Å². The molecule has 1 fully saturated rings. The molecule has 40 heavy (non-hydrogen) atoms. The van der Waals surface area contributed by atoms with Crippen LogP contribution in [0.2, 0.25) is 5.02 Å². The first-order valence-corrected chi connectivity index (χ1v) is 14.9. The predicted octanol–water partition coefficient (Wildman–Crippen LogP) is 6.88. The molecule has 0 aliphatic carbocycles. The van der Waals surface area contributed by atoms with Gasteiger partial charge in [0, 0.05) is 35.7 Å². The van der Waals surface area contributed by atoms with Crippen molar-refractivity contribution in [2.24, 2.45) is 0 Å². The third-order valence-corrected chi connectivity index (χ3v) is 10.0. The molecule has 2 N–H and O–H groups in total. The Hall–Kier alpha value is -3.06. The molecule has 13 heteroatoms. The van der Waals surface area contributed by atoms with Crippen LogP contribution in [-0.2, 0) is 16.2 Å². The number of rotatable bonds is 7. The Kier molecular flexibility index (Phi) is 7.40. The highest BCUT2D eigenvalue weighted by Gasteiger charge is 2.38. The highest BCUT2D eigenvalue weighted by molar-refractivity contribution is 7.94. The number of nitrogens with one attached hydrogen (secondary N) is 2. The van der Waals surface area contributed by atoms with Crippen molar-refractivity contribution in [3.8, 4) is 21.9 Å². The number of nitrogens with zero attached hydrogens (tertiary/aromatic N) is 1. The lowest BCUT2D eigenvalue weighted by Gasteiger charge is -2.27. The number of alkyl halides is 3. The summed E-state index contributed by atoms with van der Waals surface area (Å²) in [6.07, 6.45) is -4.17. The lowest BCUT2D eigenvalue weighted by molar-refractivity contribution is -0.139. The number of methoxy groups -OCH3 is 1. The summed E-state index contributed by atoms with van der Waals surface area (Å²) in [5, 5.41) is 4.00. The molecule has 2 aromatic heterocycles. The van der Waals surface area contributed by atoms with E-state index in [4.69, 9.17) is 21.1 Å². The van der Waals surface area contributed by atoms with Crippen molar-refractivity contribution in [1.29, 1.82) is 0 Å². The van der Waals surface area contributed by atoms with Crippen LogP contribution in [0, 0.1) is 6.92 Å². The molecular formula is C27H25ClF3N3O4S2. The number of hydrogen-bond acceptors (Lipinski definition) is 7. The number of pyridine rings is 1. The van der Waals surface area contributed by atoms with E-state index in [1.807, 2.05) is 19.1 Å². The maximum absolute atomic E-state index is 13.7. The van der Waals surface area contributed by atoms with Crippen molar-refractivity contribution in [3.05, 3.63) is 64.8 Å². The van der Waals surface area contributed by atoms with Gasteiger partial charge >= 0.3 is 6.18 Å². The standard InChI is InChI=1S/C27H25ClF3N3O4S2/c1-15-4-6-17-18(7-9-21(37-3)24(17)33-15)25-20(28)13-23(39-25)40(35,36)34-16-5-8-19(27(29,30)31)22(12-16)38-26(2)10-11-32-14-26/h4-9,12-13,32,34H,10-11,14H2,1-3H3/t26-/m1/s1. The van der Waals surface area contributed by atoms with Gasteiger partial charge in [-0.05, 0) is 56.8 Å². The van der Waals surface area contributed by atoms with E-state index < -0.39 is 33.1 Å². The van der Waals surface area contributed by atoms with Crippen LogP contribution in [-0.4, -0.2) is 39.2 Å². The summed E-state index contributed by atoms with van der Waals surface area (Å²) in [4.78, 5) is 5.06. The first kappa shape index (κ1) is 28.5. The molecule has 1 aliphatic rings. The molecule has 0 unspecified atom stereocenters. The lowest BCUT2D eigenvalue weighted by atomic mass is 10.1. The molecule has 3 heterocycles. The largest absolute Gasteiger partial charge is 0.494 e. The van der Waals surface area contributed by atoms with Gasteiger partial charge < -0.3 is 14.8 Å². The summed E-state index contributed by atoms with van der Waals surface area (Å²) in [6, 6.07) is 11.4. The summed E-state index contributed by atoms with van der Waals surface area (Å²) in [6.45, 7) is 4.53. The Morgan fingerprint density at radius 3 is 2.58 bits per heavy atom. The van der Waals surface area contributed by atoms with E-state index >= 15 is 0 Å². The van der Waals surface area contributed by atoms with Crippen LogP contribution < -0.4 is 19.5 Å². The molecule has 0 spiro atoms. The molecule has 5 rings (SSSR count). The van der Waals surface area contributed by atoms with Crippen LogP contribution in [0.3, 0.4) is 0 Å². The molecule has 7 nitrogen and oxygen atoms in total. The van der Waals surface area contributed by atoms with Gasteiger partial charge in [-0.3, -0.25) is 4.72 Å². The number of fused-ring (bicyclic) bond motifs is 1. The molecule has 0 bridgehead atoms. The molecule has 4 aromatic rings. The highest BCUT2D eigenvalue weighted by Crippen LogP contribution is 2.44. The maximum atomic E-state index is 13.7. The highest BCUT2D eigenvalue weighted by atomic mass is 35.5. The van der Waals surface area contributed by atoms with E-state index in [1.54, 1.807) is 19.1 Å². The average molecular weight is 612 g/mol. The molecule has 0 amide bonds. The van der Waals surface area contributed by atoms with Crippen LogP contribution in [0.25, 0.3) is 21.3 Å². The van der Waals surface area contributed by atoms with Gasteiger partial charge in [0.2, 0.25) is 0 Å². The lowest BCUT2D eigenvalue weighted by Crippen LogP contribution is -2.35. The molecule has 1 aliphatic heterocycles. The predicted molar refractivity (Wildman–Crippen MR) is 150 cm³/mol. The van der Waals surface area contributed by atoms with Crippen molar-refractivity contribution in [1.82, 2.24) is 10.3 Å². The first-order chi connectivity index (χ1) is 18.8. The Bertz CT molecular complexity index is 1700. The summed E-state index contributed by atoms with van der Waals surface area (Å²) >= 11 is 7.45. The second-order valence-electron chi connectivity index (χ2n) is 9.70. The van der Waals surface area contributed by atoms with Crippen LogP contribution in [0.5, 0.6) is 11.5 Å². The number of hydrogen-bond donors (Lipinski definition) is 2. The van der Waals surface area contributed by atoms with Crippen molar-refractivity contribution in [2.75, 3.05) is 24.9 Å². The first-order valence-electron chi connectivity index (χ1n) is 12.2. The van der Waals surface area contributed by atoms with Gasteiger partial charge in [0.15, 0.2) is 0 Å². The summed E-state index contributed by atoms with van der Waals surface area (Å²) in [5.41, 5.74) is 0.144. The molecule has 212 valence electrons. The van der Waals surface area contributed by atoms with Crippen LogP contribution in [0.4, 0.5) is 18.9 Å². The zero-order valence-electron chi connectivity index (χ0n) is 21.6. The zero-order chi connectivity index (χ0) is 28.9. The number of aromatic nitrogens is 1. The second kappa shape index (κ2) is 10.4. The van der Waals surface area contributed by atoms with Gasteiger partial charge in [0.25, 0.3) is 10.0 Å². The number of thiophene rings is 1. The van der Waals surface area contributed by atoms with E-state index in [0.29, 0.717) is 41.2 Å². The Morgan fingerprint density at radius 1 is 1.12 bits per heavy atom. The van der Waals surface area contributed by atoms with Crippen LogP contribution in [0.1, 0.15) is 24.6 Å². The number of ether oxygens (including phenoxy) is 2. The number of aryl methyl sites for hydroxylation is 1. The van der Waals surface area contributed by atoms with Gasteiger partial charge in [-0.2, -0.15) is 13.2 Å². The zero-order valence-corrected chi connectivity index (χ0v) is 24.0. The van der Waals surface area contributed by atoms with Crippen molar-refractivity contribution in [2.45, 2.75) is 36.3 Å². The van der Waals surface area contributed by atoms with Gasteiger partial charge in [-0.15, -0.1) is 11.3 Å². The Balaban J connectivity index is 1.50. The summed E-state index contributed by atoms with van der Waals surface area (Å²) in [5.74, 6) is 0.114. The van der Waals surface area contributed by atoms with Gasteiger partial charge in [-0.25, -0.2) is 13.4 Å². The van der Waals surface area contributed by atoms with Crippen LogP contribution >= 0.6 is 22.9 Å². The SMILES string of the molecule is COc1ccc(-c2sc(S(=O)(=O)Nc3ccc(C(F)(F)F)c(O[C@]4(C)CCNC4)c3)cc2Cl)c2ccc(C)nc12. The van der Waals surface area contributed by atoms with Crippen molar-refractivity contribution >= 4 is 49.6 Å². The van der Waals surface area contributed by atoms with Gasteiger partial charge in [0.05, 0.1) is 28.3 Å². The smallest absolute Gasteiger partial charge is 0.419 e. The van der Waals surface area contributed by atoms with Gasteiger partial charge in [-0.1, -0.05) is 17.7 Å². The molecule has 0 radical (unpaired) electrons. The van der Waals surface area contributed by atoms with Crippen molar-refractivity contribution in [3.63, 3.8) is 0 Å². The molecule has 2 aromatic carbocycles. The average Bonchev–Trinajstić information content (AvgIpc) is 3.48. The fourth-order valence-electron chi connectivity index (χ4n) is 4.57. The minimum Gasteiger partial charge on any atom is -0.494 e. The third-order valence-electron chi connectivity index (χ3n) is 6.58. The number of benzene rings is 2. The normalized spacial score (nSPS) is 17.8. The van der Waals surface area contributed by atoms with E-state index in [2.05, 4.69) is 15.0 Å². The molecule has 1 saturated heterocycles. The minimum atomic E-state index is -4.68. The third kappa shape index (κ3) is 5.58. The Labute approximate surface area is 238 Å². The quantitative estimate of drug-likeness (QED) is 0.237. The molecular weight excluding hydrogens is 587 g/mol. The summed E-state index contributed by atoms with van der Waals surface area (Å²) < 4.78 is 81.3. The topological polar surface area (TPSA) is 89.6 Å². The minimum absolute atomic E-state index is 0.0711. The van der Waals surface area contributed by atoms with Crippen molar-refractivity contribution < 1.29 is 31.1 Å². The van der Waals surface area contributed by atoms with E-state index in [0.717, 1.165) is 40.6 Å². The number of anilines is 1. The maximum Gasteiger partial charge on any atom is 0.419 e. The fourth-order valence-corrected chi connectivity index (χ4v) is 7.48. The molecule has 1 atom stereocenters. The van der Waals surface area contributed by atoms with Crippen LogP contribution in [0.15, 0.2) is 52.7 Å². The van der Waals surface area contributed by atoms with E-state index in [-0.39, 0.29) is 14.9 Å². The fraction of sp³-hybridized carbons (Fsp3) is 0.296. The van der Waals surface area contributed by atoms with E-state index in [9.17, 15) is 21.6 Å². The summed E-state index contributed by atoms with van der Waals surface area (Å²) in [7, 11) is -2.67. The monoisotopic (exact) mass is 611 g/mol. The second-order valence-corrected chi connectivity index (χ2v) is 13.1. The number of sulfonamides is 1. The number of halogens is 4. The van der Waals surface area contributed by atoms with Gasteiger partial charge in [0.1, 0.15) is 26.8 Å².